The highest BCUT2D eigenvalue weighted by Gasteiger charge is 2.36. The van der Waals surface area contributed by atoms with Crippen molar-refractivity contribution >= 4 is 10.0 Å². The molecule has 0 aromatic heterocycles. The van der Waals surface area contributed by atoms with Crippen molar-refractivity contribution in [1.29, 1.82) is 0 Å². The van der Waals surface area contributed by atoms with E-state index < -0.39 is 22.2 Å². The van der Waals surface area contributed by atoms with E-state index in [4.69, 9.17) is 14.2 Å². The van der Waals surface area contributed by atoms with Crippen LogP contribution in [-0.4, -0.2) is 40.9 Å². The second-order valence-corrected chi connectivity index (χ2v) is 7.59. The monoisotopic (exact) mass is 379 g/mol. The van der Waals surface area contributed by atoms with Crippen LogP contribution in [0.4, 0.5) is 0 Å². The minimum Gasteiger partial charge on any atom is -0.493 e. The standard InChI is InChI=1S/C18H21NO6S/c1-23-14-9-8-11(17(24-2)18(14)25-3)10-13-16(20)12-6-4-5-7-15(12)26(21,22)19-13/h4-9,13,16,19-20H,10H2,1-3H3. The van der Waals surface area contributed by atoms with Gasteiger partial charge in [0, 0.05) is 5.56 Å². The molecular weight excluding hydrogens is 358 g/mol. The third-order valence-electron chi connectivity index (χ3n) is 4.44. The molecule has 2 aromatic carbocycles. The van der Waals surface area contributed by atoms with E-state index in [1.54, 1.807) is 30.3 Å². The van der Waals surface area contributed by atoms with Gasteiger partial charge in [0.25, 0.3) is 0 Å². The maximum Gasteiger partial charge on any atom is 0.241 e. The van der Waals surface area contributed by atoms with Gasteiger partial charge in [-0.3, -0.25) is 0 Å². The normalized spacial score (nSPS) is 20.9. The molecule has 3 rings (SSSR count). The molecule has 2 aromatic rings. The SMILES string of the molecule is COc1ccc(CC2NS(=O)(=O)c3ccccc3C2O)c(OC)c1OC. The largest absolute Gasteiger partial charge is 0.493 e. The highest BCUT2D eigenvalue weighted by molar-refractivity contribution is 7.89. The van der Waals surface area contributed by atoms with E-state index in [2.05, 4.69) is 4.72 Å². The zero-order valence-electron chi connectivity index (χ0n) is 14.7. The maximum atomic E-state index is 12.5. The molecule has 0 saturated heterocycles. The number of sulfonamides is 1. The maximum absolute atomic E-state index is 12.5. The zero-order valence-corrected chi connectivity index (χ0v) is 15.5. The van der Waals surface area contributed by atoms with Gasteiger partial charge in [0.1, 0.15) is 0 Å². The molecule has 0 aliphatic carbocycles. The van der Waals surface area contributed by atoms with Crippen LogP contribution >= 0.6 is 0 Å². The van der Waals surface area contributed by atoms with Crippen LogP contribution in [0.2, 0.25) is 0 Å². The van der Waals surface area contributed by atoms with E-state index in [1.165, 1.54) is 27.4 Å². The molecule has 0 spiro atoms. The van der Waals surface area contributed by atoms with Crippen LogP contribution in [0.3, 0.4) is 0 Å². The fraction of sp³-hybridized carbons (Fsp3) is 0.333. The van der Waals surface area contributed by atoms with E-state index in [9.17, 15) is 13.5 Å². The summed E-state index contributed by atoms with van der Waals surface area (Å²) in [6, 6.07) is 9.18. The summed E-state index contributed by atoms with van der Waals surface area (Å²) in [7, 11) is 0.818. The van der Waals surface area contributed by atoms with Crippen molar-refractivity contribution in [3.8, 4) is 17.2 Å². The smallest absolute Gasteiger partial charge is 0.241 e. The predicted molar refractivity (Wildman–Crippen MR) is 95.3 cm³/mol. The first kappa shape index (κ1) is 18.5. The molecule has 7 nitrogen and oxygen atoms in total. The molecular formula is C18H21NO6S. The number of nitrogens with one attached hydrogen (secondary N) is 1. The fourth-order valence-electron chi connectivity index (χ4n) is 3.23. The minimum absolute atomic E-state index is 0.100. The van der Waals surface area contributed by atoms with Crippen molar-refractivity contribution in [2.24, 2.45) is 0 Å². The number of aliphatic hydroxyl groups excluding tert-OH is 1. The summed E-state index contributed by atoms with van der Waals surface area (Å²) in [5.74, 6) is 1.36. The van der Waals surface area contributed by atoms with E-state index in [0.717, 1.165) is 0 Å². The van der Waals surface area contributed by atoms with Gasteiger partial charge in [0.15, 0.2) is 11.5 Å². The van der Waals surface area contributed by atoms with Gasteiger partial charge in [0.2, 0.25) is 15.8 Å². The Kier molecular flexibility index (Phi) is 5.08. The van der Waals surface area contributed by atoms with Crippen molar-refractivity contribution in [3.05, 3.63) is 47.5 Å². The van der Waals surface area contributed by atoms with Crippen LogP contribution in [0.1, 0.15) is 17.2 Å². The Hall–Kier alpha value is -2.29. The summed E-state index contributed by atoms with van der Waals surface area (Å²) in [4.78, 5) is 0.100. The van der Waals surface area contributed by atoms with Crippen LogP contribution in [0, 0.1) is 0 Å². The fourth-order valence-corrected chi connectivity index (χ4v) is 4.72. The van der Waals surface area contributed by atoms with Crippen molar-refractivity contribution < 1.29 is 27.7 Å². The third-order valence-corrected chi connectivity index (χ3v) is 6.00. The molecule has 1 heterocycles. The highest BCUT2D eigenvalue weighted by Crippen LogP contribution is 2.41. The summed E-state index contributed by atoms with van der Waals surface area (Å²) in [6.45, 7) is 0. The number of methoxy groups -OCH3 is 3. The van der Waals surface area contributed by atoms with E-state index in [1.807, 2.05) is 0 Å². The average Bonchev–Trinajstić information content (AvgIpc) is 2.65. The first-order chi connectivity index (χ1) is 12.4. The van der Waals surface area contributed by atoms with Gasteiger partial charge in [-0.1, -0.05) is 24.3 Å². The van der Waals surface area contributed by atoms with E-state index >= 15 is 0 Å². The van der Waals surface area contributed by atoms with Crippen molar-refractivity contribution in [2.75, 3.05) is 21.3 Å². The van der Waals surface area contributed by atoms with Crippen LogP contribution in [-0.2, 0) is 16.4 Å². The lowest BCUT2D eigenvalue weighted by Gasteiger charge is -2.31. The zero-order chi connectivity index (χ0) is 18.9. The van der Waals surface area contributed by atoms with Crippen LogP contribution < -0.4 is 18.9 Å². The first-order valence-electron chi connectivity index (χ1n) is 8.00. The quantitative estimate of drug-likeness (QED) is 0.820. The lowest BCUT2D eigenvalue weighted by molar-refractivity contribution is 0.131. The van der Waals surface area contributed by atoms with Crippen LogP contribution in [0.25, 0.3) is 0 Å². The molecule has 26 heavy (non-hydrogen) atoms. The van der Waals surface area contributed by atoms with Crippen LogP contribution in [0.5, 0.6) is 17.2 Å². The Morgan fingerprint density at radius 3 is 2.35 bits per heavy atom. The Morgan fingerprint density at radius 2 is 1.69 bits per heavy atom. The summed E-state index contributed by atoms with van der Waals surface area (Å²) in [5, 5.41) is 10.7. The van der Waals surface area contributed by atoms with Gasteiger partial charge in [-0.2, -0.15) is 0 Å². The Balaban J connectivity index is 2.00. The molecule has 0 fully saturated rings. The summed E-state index contributed by atoms with van der Waals surface area (Å²) >= 11 is 0. The van der Waals surface area contributed by atoms with Gasteiger partial charge in [0.05, 0.1) is 38.4 Å². The molecule has 0 amide bonds. The summed E-state index contributed by atoms with van der Waals surface area (Å²) in [5.41, 5.74) is 1.08. The van der Waals surface area contributed by atoms with Crippen molar-refractivity contribution in [3.63, 3.8) is 0 Å². The molecule has 2 N–H and O–H groups in total. The molecule has 1 aliphatic rings. The van der Waals surface area contributed by atoms with Gasteiger partial charge in [-0.15, -0.1) is 0 Å². The molecule has 0 bridgehead atoms. The van der Waals surface area contributed by atoms with Gasteiger partial charge >= 0.3 is 0 Å². The Morgan fingerprint density at radius 1 is 1.00 bits per heavy atom. The number of hydrogen-bond acceptors (Lipinski definition) is 6. The molecule has 2 atom stereocenters. The summed E-state index contributed by atoms with van der Waals surface area (Å²) in [6.07, 6.45) is -0.759. The van der Waals surface area contributed by atoms with E-state index in [0.29, 0.717) is 28.4 Å². The van der Waals surface area contributed by atoms with Crippen molar-refractivity contribution in [1.82, 2.24) is 4.72 Å². The Bertz CT molecular complexity index is 912. The molecule has 1 aliphatic heterocycles. The number of hydrogen-bond donors (Lipinski definition) is 2. The molecule has 0 saturated carbocycles. The highest BCUT2D eigenvalue weighted by atomic mass is 32.2. The average molecular weight is 379 g/mol. The van der Waals surface area contributed by atoms with Gasteiger partial charge in [-0.05, 0) is 24.1 Å². The molecule has 2 unspecified atom stereocenters. The van der Waals surface area contributed by atoms with Gasteiger partial charge in [-0.25, -0.2) is 13.1 Å². The number of aliphatic hydroxyl groups is 1. The Labute approximate surface area is 152 Å². The minimum atomic E-state index is -3.70. The molecule has 0 radical (unpaired) electrons. The molecule has 140 valence electrons. The lowest BCUT2D eigenvalue weighted by atomic mass is 9.95. The van der Waals surface area contributed by atoms with Crippen LogP contribution in [0.15, 0.2) is 41.3 Å². The predicted octanol–water partition coefficient (Wildman–Crippen LogP) is 1.65. The van der Waals surface area contributed by atoms with E-state index in [-0.39, 0.29) is 11.3 Å². The third kappa shape index (κ3) is 3.11. The number of fused-ring (bicyclic) bond motifs is 1. The lowest BCUT2D eigenvalue weighted by Crippen LogP contribution is -2.45. The molecule has 8 heteroatoms. The first-order valence-corrected chi connectivity index (χ1v) is 9.48. The number of benzene rings is 2. The van der Waals surface area contributed by atoms with Crippen molar-refractivity contribution in [2.45, 2.75) is 23.5 Å². The second-order valence-electron chi connectivity index (χ2n) is 5.91. The van der Waals surface area contributed by atoms with Gasteiger partial charge < -0.3 is 19.3 Å². The second kappa shape index (κ2) is 7.14. The summed E-state index contributed by atoms with van der Waals surface area (Å²) < 4.78 is 43.6. The number of ether oxygens (including phenoxy) is 3. The topological polar surface area (TPSA) is 94.1 Å². The number of rotatable bonds is 5.